The second-order valence-electron chi connectivity index (χ2n) is 5.72. The van der Waals surface area contributed by atoms with Crippen LogP contribution in [-0.4, -0.2) is 36.2 Å². The molecule has 1 atom stereocenters. The molecule has 1 aliphatic heterocycles. The average molecular weight is 274 g/mol. The summed E-state index contributed by atoms with van der Waals surface area (Å²) in [6.45, 7) is 2.22. The molecule has 2 aliphatic rings. The molecule has 0 unspecified atom stereocenters. The Morgan fingerprint density at radius 2 is 2.05 bits per heavy atom. The van der Waals surface area contributed by atoms with Crippen molar-refractivity contribution in [1.29, 1.82) is 0 Å². The minimum Gasteiger partial charge on any atom is -0.445 e. The third-order valence-electron chi connectivity index (χ3n) is 4.01. The first-order valence-corrected chi connectivity index (χ1v) is 7.53. The Morgan fingerprint density at radius 1 is 1.25 bits per heavy atom. The van der Waals surface area contributed by atoms with Crippen molar-refractivity contribution in [2.24, 2.45) is 0 Å². The van der Waals surface area contributed by atoms with E-state index < -0.39 is 0 Å². The fourth-order valence-electron chi connectivity index (χ4n) is 2.71. The van der Waals surface area contributed by atoms with Crippen molar-refractivity contribution < 1.29 is 9.53 Å². The first kappa shape index (κ1) is 13.4. The smallest absolute Gasteiger partial charge is 0.410 e. The third-order valence-corrected chi connectivity index (χ3v) is 4.01. The molecule has 2 fully saturated rings. The van der Waals surface area contributed by atoms with Crippen LogP contribution in [0, 0.1) is 0 Å². The van der Waals surface area contributed by atoms with Gasteiger partial charge in [-0.1, -0.05) is 30.3 Å². The zero-order chi connectivity index (χ0) is 13.8. The Labute approximate surface area is 120 Å². The van der Waals surface area contributed by atoms with E-state index in [1.807, 2.05) is 35.2 Å². The molecule has 1 saturated carbocycles. The molecule has 0 aromatic heterocycles. The highest BCUT2D eigenvalue weighted by molar-refractivity contribution is 5.68. The predicted molar refractivity (Wildman–Crippen MR) is 77.4 cm³/mol. The van der Waals surface area contributed by atoms with Crippen molar-refractivity contribution in [3.8, 4) is 0 Å². The molecule has 1 aromatic carbocycles. The fourth-order valence-corrected chi connectivity index (χ4v) is 2.71. The summed E-state index contributed by atoms with van der Waals surface area (Å²) in [5.74, 6) is 0. The standard InChI is InChI=1S/C16H22N2O2/c19-16(20-12-13-5-2-1-3-6-13)18(15-8-9-15)11-14-7-4-10-17-14/h1-3,5-6,14-15,17H,4,7-12H2/t14-/m0/s1. The SMILES string of the molecule is O=C(OCc1ccccc1)N(C[C@@H]1CCCN1)C1CC1. The van der Waals surface area contributed by atoms with Gasteiger partial charge in [-0.3, -0.25) is 0 Å². The number of carbonyl (C=O) groups excluding carboxylic acids is 1. The highest BCUT2D eigenvalue weighted by Gasteiger charge is 2.35. The molecule has 0 radical (unpaired) electrons. The summed E-state index contributed by atoms with van der Waals surface area (Å²) < 4.78 is 5.46. The van der Waals surface area contributed by atoms with Crippen LogP contribution >= 0.6 is 0 Å². The topological polar surface area (TPSA) is 41.6 Å². The summed E-state index contributed by atoms with van der Waals surface area (Å²) in [5, 5.41) is 3.45. The number of ether oxygens (including phenoxy) is 1. The molecular weight excluding hydrogens is 252 g/mol. The molecule has 1 amide bonds. The Hall–Kier alpha value is -1.55. The maximum absolute atomic E-state index is 12.3. The van der Waals surface area contributed by atoms with Gasteiger partial charge in [-0.15, -0.1) is 0 Å². The summed E-state index contributed by atoms with van der Waals surface area (Å²) in [5.41, 5.74) is 1.04. The minimum atomic E-state index is -0.162. The van der Waals surface area contributed by atoms with Crippen LogP contribution in [0.5, 0.6) is 0 Å². The van der Waals surface area contributed by atoms with Gasteiger partial charge in [0.1, 0.15) is 6.61 Å². The van der Waals surface area contributed by atoms with Crippen LogP contribution in [0.1, 0.15) is 31.2 Å². The van der Waals surface area contributed by atoms with Crippen molar-refractivity contribution in [2.45, 2.75) is 44.4 Å². The Kier molecular flexibility index (Phi) is 4.21. The lowest BCUT2D eigenvalue weighted by atomic mass is 10.2. The maximum atomic E-state index is 12.3. The first-order chi connectivity index (χ1) is 9.83. The van der Waals surface area contributed by atoms with E-state index in [1.165, 1.54) is 6.42 Å². The van der Waals surface area contributed by atoms with Gasteiger partial charge in [0.2, 0.25) is 0 Å². The largest absolute Gasteiger partial charge is 0.445 e. The lowest BCUT2D eigenvalue weighted by molar-refractivity contribution is 0.0904. The molecule has 1 saturated heterocycles. The molecule has 0 spiro atoms. The molecule has 3 rings (SSSR count). The van der Waals surface area contributed by atoms with Crippen molar-refractivity contribution in [3.63, 3.8) is 0 Å². The molecular formula is C16H22N2O2. The van der Waals surface area contributed by atoms with Crippen LogP contribution in [0.4, 0.5) is 4.79 Å². The average Bonchev–Trinajstić information content (AvgIpc) is 3.20. The number of nitrogens with zero attached hydrogens (tertiary/aromatic N) is 1. The second-order valence-corrected chi connectivity index (χ2v) is 5.72. The van der Waals surface area contributed by atoms with Crippen LogP contribution in [-0.2, 0) is 11.3 Å². The lowest BCUT2D eigenvalue weighted by Crippen LogP contribution is -2.42. The number of amides is 1. The molecule has 1 aromatic rings. The number of hydrogen-bond acceptors (Lipinski definition) is 3. The van der Waals surface area contributed by atoms with Gasteiger partial charge in [0.25, 0.3) is 0 Å². The van der Waals surface area contributed by atoms with Gasteiger partial charge in [0.15, 0.2) is 0 Å². The van der Waals surface area contributed by atoms with Crippen molar-refractivity contribution in [1.82, 2.24) is 10.2 Å². The van der Waals surface area contributed by atoms with E-state index in [-0.39, 0.29) is 6.09 Å². The van der Waals surface area contributed by atoms with Gasteiger partial charge >= 0.3 is 6.09 Å². The van der Waals surface area contributed by atoms with E-state index >= 15 is 0 Å². The first-order valence-electron chi connectivity index (χ1n) is 7.53. The highest BCUT2D eigenvalue weighted by atomic mass is 16.6. The zero-order valence-electron chi connectivity index (χ0n) is 11.8. The molecule has 4 nitrogen and oxygen atoms in total. The number of nitrogens with one attached hydrogen (secondary N) is 1. The van der Waals surface area contributed by atoms with Crippen LogP contribution < -0.4 is 5.32 Å². The summed E-state index contributed by atoms with van der Waals surface area (Å²) in [4.78, 5) is 14.2. The van der Waals surface area contributed by atoms with Crippen LogP contribution in [0.3, 0.4) is 0 Å². The van der Waals surface area contributed by atoms with Gasteiger partial charge in [-0.25, -0.2) is 4.79 Å². The Balaban J connectivity index is 1.52. The number of carbonyl (C=O) groups is 1. The van der Waals surface area contributed by atoms with Crippen molar-refractivity contribution in [3.05, 3.63) is 35.9 Å². The quantitative estimate of drug-likeness (QED) is 0.897. The molecule has 1 heterocycles. The fraction of sp³-hybridized carbons (Fsp3) is 0.562. The summed E-state index contributed by atoms with van der Waals surface area (Å²) >= 11 is 0. The van der Waals surface area contributed by atoms with E-state index in [0.717, 1.165) is 37.9 Å². The molecule has 0 bridgehead atoms. The summed E-state index contributed by atoms with van der Waals surface area (Å²) in [6.07, 6.45) is 4.45. The van der Waals surface area contributed by atoms with Crippen LogP contribution in [0.15, 0.2) is 30.3 Å². The van der Waals surface area contributed by atoms with Gasteiger partial charge in [-0.05, 0) is 37.8 Å². The Morgan fingerprint density at radius 3 is 2.70 bits per heavy atom. The third kappa shape index (κ3) is 3.51. The van der Waals surface area contributed by atoms with E-state index in [4.69, 9.17) is 4.74 Å². The van der Waals surface area contributed by atoms with Gasteiger partial charge in [0.05, 0.1) is 0 Å². The van der Waals surface area contributed by atoms with E-state index in [0.29, 0.717) is 18.7 Å². The Bertz CT molecular complexity index is 439. The molecule has 108 valence electrons. The highest BCUT2D eigenvalue weighted by Crippen LogP contribution is 2.28. The van der Waals surface area contributed by atoms with Gasteiger partial charge < -0.3 is 15.0 Å². The number of benzene rings is 1. The lowest BCUT2D eigenvalue weighted by Gasteiger charge is -2.25. The number of hydrogen-bond donors (Lipinski definition) is 1. The van der Waals surface area contributed by atoms with E-state index in [1.54, 1.807) is 0 Å². The second kappa shape index (κ2) is 6.27. The summed E-state index contributed by atoms with van der Waals surface area (Å²) in [7, 11) is 0. The molecule has 20 heavy (non-hydrogen) atoms. The summed E-state index contributed by atoms with van der Waals surface area (Å²) in [6, 6.07) is 10.7. The van der Waals surface area contributed by atoms with Crippen LogP contribution in [0.25, 0.3) is 0 Å². The van der Waals surface area contributed by atoms with Gasteiger partial charge in [0, 0.05) is 18.6 Å². The van der Waals surface area contributed by atoms with Crippen molar-refractivity contribution >= 4 is 6.09 Å². The maximum Gasteiger partial charge on any atom is 0.410 e. The normalized spacial score (nSPS) is 21.7. The zero-order valence-corrected chi connectivity index (χ0v) is 11.8. The van der Waals surface area contributed by atoms with Crippen LogP contribution in [0.2, 0.25) is 0 Å². The molecule has 1 N–H and O–H groups in total. The minimum absolute atomic E-state index is 0.162. The monoisotopic (exact) mass is 274 g/mol. The van der Waals surface area contributed by atoms with E-state index in [9.17, 15) is 4.79 Å². The van der Waals surface area contributed by atoms with Gasteiger partial charge in [-0.2, -0.15) is 0 Å². The van der Waals surface area contributed by atoms with Crippen molar-refractivity contribution in [2.75, 3.05) is 13.1 Å². The van der Waals surface area contributed by atoms with E-state index in [2.05, 4.69) is 5.32 Å². The number of rotatable bonds is 5. The predicted octanol–water partition coefficient (Wildman–Crippen LogP) is 2.54. The molecule has 1 aliphatic carbocycles. The molecule has 4 heteroatoms.